The van der Waals surface area contributed by atoms with Crippen molar-refractivity contribution in [1.29, 1.82) is 0 Å². The van der Waals surface area contributed by atoms with Crippen LogP contribution in [0.4, 0.5) is 0 Å². The van der Waals surface area contributed by atoms with E-state index in [9.17, 15) is 33.6 Å². The summed E-state index contributed by atoms with van der Waals surface area (Å²) in [6.45, 7) is 13.7. The van der Waals surface area contributed by atoms with E-state index in [1.54, 1.807) is 12.1 Å². The number of rotatable bonds is 25. The van der Waals surface area contributed by atoms with Gasteiger partial charge in [0.05, 0.1) is 58.2 Å². The van der Waals surface area contributed by atoms with Gasteiger partial charge in [-0.25, -0.2) is 23.4 Å². The van der Waals surface area contributed by atoms with Crippen molar-refractivity contribution in [1.82, 2.24) is 0 Å². The number of hydrogen-bond acceptors (Lipinski definition) is 16. The molecule has 6 saturated carbocycles. The maximum atomic E-state index is 14.0. The number of carbonyl (C=O) groups is 7. The van der Waals surface area contributed by atoms with Crippen LogP contribution in [-0.2, 0) is 61.7 Å². The summed E-state index contributed by atoms with van der Waals surface area (Å²) in [5, 5.41) is 9.00. The predicted molar refractivity (Wildman–Crippen MR) is 352 cm³/mol. The lowest BCUT2D eigenvalue weighted by atomic mass is 9.69. The molecule has 500 valence electrons. The zero-order valence-electron chi connectivity index (χ0n) is 53.0. The number of carboxylic acids is 1. The van der Waals surface area contributed by atoms with Gasteiger partial charge >= 0.3 is 41.8 Å². The summed E-state index contributed by atoms with van der Waals surface area (Å²) in [5.41, 5.74) is -0.348. The Bertz CT molecular complexity index is 2400. The van der Waals surface area contributed by atoms with E-state index >= 15 is 0 Å². The molecule has 8 rings (SSSR count). The number of carbonyl (C=O) groups excluding carboxylic acids is 6. The molecule has 6 aliphatic carbocycles. The number of esters is 6. The zero-order chi connectivity index (χ0) is 64.2. The Hall–Kier alpha value is -3.84. The van der Waals surface area contributed by atoms with Gasteiger partial charge < -0.3 is 33.5 Å². The second kappa shape index (κ2) is 39.6. The molecule has 7 aliphatic rings. The summed E-state index contributed by atoms with van der Waals surface area (Å²) in [7, 11) is 7.36. The van der Waals surface area contributed by atoms with Gasteiger partial charge in [0.15, 0.2) is 5.57 Å². The summed E-state index contributed by atoms with van der Waals surface area (Å²) in [4.78, 5) is 90.5. The molecule has 0 atom stereocenters. The topological polar surface area (TPSA) is 212 Å². The fourth-order valence-corrected chi connectivity index (χ4v) is 17.5. The Morgan fingerprint density at radius 1 is 0.483 bits per heavy atom. The smallest absolute Gasteiger partial charge is 0.347 e. The van der Waals surface area contributed by atoms with Crippen molar-refractivity contribution in [3.8, 4) is 11.5 Å². The molecule has 0 amide bonds. The van der Waals surface area contributed by atoms with Gasteiger partial charge in [-0.1, -0.05) is 115 Å². The van der Waals surface area contributed by atoms with Gasteiger partial charge in [-0.15, -0.1) is 0 Å². The molecule has 89 heavy (non-hydrogen) atoms. The normalized spacial score (nSPS) is 27.5. The molecular weight excluding hydrogens is 1240 g/mol. The SMILES string of the molecule is C=CC(=O)OCCCCOC(=O)C(C(=O)OCCCCOC(=O)C=C)=C1Sc2c(OC(=O)C3CCC(C4CCC(CC)CC4)CC3)ccc(OC(=O)C3CCC(C4CCC(CC)CC4)CC3)c2S1.CCC1CCC(C2CCC(C(=O)O)CC2)CC1.O=S(Cl)Cl.[2HH]. The van der Waals surface area contributed by atoms with E-state index < -0.39 is 39.1 Å². The largest absolute Gasteiger partial charge is 0.481 e. The molecule has 1 aromatic rings. The maximum absolute atomic E-state index is 14.0. The summed E-state index contributed by atoms with van der Waals surface area (Å²) >= 11 is 2.15. The third-order valence-electron chi connectivity index (χ3n) is 20.6. The molecule has 0 radical (unpaired) electrons. The highest BCUT2D eigenvalue weighted by Crippen LogP contribution is 2.60. The van der Waals surface area contributed by atoms with Crippen molar-refractivity contribution in [2.45, 2.75) is 230 Å². The second-order valence-electron chi connectivity index (χ2n) is 25.8. The Morgan fingerprint density at radius 3 is 1.02 bits per heavy atom. The molecule has 15 nitrogen and oxygen atoms in total. The lowest BCUT2D eigenvalue weighted by molar-refractivity contribution is -0.148. The number of aliphatic carboxylic acids is 1. The molecule has 0 unspecified atom stereocenters. The van der Waals surface area contributed by atoms with Gasteiger partial charge in [0.25, 0.3) is 0 Å². The van der Waals surface area contributed by atoms with Crippen molar-refractivity contribution in [2.24, 2.45) is 71.0 Å². The number of carboxylic acid groups (broad SMARTS) is 1. The fraction of sp³-hybridized carbons (Fsp3) is 0.725. The lowest BCUT2D eigenvalue weighted by Gasteiger charge is -2.37. The lowest BCUT2D eigenvalue weighted by Crippen LogP contribution is -2.30. The molecule has 1 N–H and O–H groups in total. The Balaban J connectivity index is 0.000000564. The Kier molecular flexibility index (Phi) is 33.1. The van der Waals surface area contributed by atoms with E-state index in [0.29, 0.717) is 47.3 Å². The van der Waals surface area contributed by atoms with Gasteiger partial charge in [-0.3, -0.25) is 14.4 Å². The third-order valence-corrected chi connectivity index (χ3v) is 23.2. The first-order valence-corrected chi connectivity index (χ1v) is 38.0. The van der Waals surface area contributed by atoms with Gasteiger partial charge in [-0.2, -0.15) is 0 Å². The van der Waals surface area contributed by atoms with Crippen LogP contribution in [0.15, 0.2) is 57.0 Å². The van der Waals surface area contributed by atoms with E-state index in [-0.39, 0.29) is 78.9 Å². The number of ether oxygens (including phenoxy) is 6. The van der Waals surface area contributed by atoms with Gasteiger partial charge in [0.1, 0.15) is 11.5 Å². The molecule has 1 heterocycles. The van der Waals surface area contributed by atoms with Crippen LogP contribution in [0.5, 0.6) is 11.5 Å². The average Bonchev–Trinajstić information content (AvgIpc) is 1.66. The summed E-state index contributed by atoms with van der Waals surface area (Å²) in [6, 6.07) is 3.29. The minimum atomic E-state index is -1.67. The second-order valence-corrected chi connectivity index (χ2v) is 30.6. The van der Waals surface area contributed by atoms with Gasteiger partial charge in [0, 0.05) is 34.9 Å². The summed E-state index contributed by atoms with van der Waals surface area (Å²) < 4.78 is 43.0. The molecule has 0 bridgehead atoms. The van der Waals surface area contributed by atoms with Crippen molar-refractivity contribution in [3.63, 3.8) is 0 Å². The molecule has 0 aromatic heterocycles. The Morgan fingerprint density at radius 2 is 0.753 bits per heavy atom. The highest BCUT2D eigenvalue weighted by atomic mass is 36.0. The van der Waals surface area contributed by atoms with Crippen molar-refractivity contribution in [2.75, 3.05) is 26.4 Å². The molecular formula is C69H102Cl2O15S3. The van der Waals surface area contributed by atoms with Crippen LogP contribution in [0, 0.1) is 71.0 Å². The monoisotopic (exact) mass is 1340 g/mol. The molecule has 0 spiro atoms. The van der Waals surface area contributed by atoms with E-state index in [2.05, 4.69) is 55.3 Å². The van der Waals surface area contributed by atoms with Crippen LogP contribution in [0.3, 0.4) is 0 Å². The van der Waals surface area contributed by atoms with Crippen LogP contribution >= 0.6 is 44.9 Å². The van der Waals surface area contributed by atoms with E-state index in [0.717, 1.165) is 141 Å². The highest BCUT2D eigenvalue weighted by molar-refractivity contribution is 8.26. The Labute approximate surface area is 551 Å². The molecule has 0 saturated heterocycles. The first-order valence-electron chi connectivity index (χ1n) is 33.5. The van der Waals surface area contributed by atoms with Crippen molar-refractivity contribution >= 4 is 95.9 Å². The van der Waals surface area contributed by atoms with E-state index in [4.69, 9.17) is 37.7 Å². The van der Waals surface area contributed by atoms with E-state index in [1.165, 1.54) is 109 Å². The third kappa shape index (κ3) is 24.2. The summed E-state index contributed by atoms with van der Waals surface area (Å²) in [6.07, 6.45) is 34.7. The van der Waals surface area contributed by atoms with Crippen LogP contribution in [-0.4, -0.2) is 77.5 Å². The maximum Gasteiger partial charge on any atom is 0.347 e. The molecule has 1 aromatic carbocycles. The van der Waals surface area contributed by atoms with Crippen LogP contribution in [0.2, 0.25) is 0 Å². The first-order chi connectivity index (χ1) is 42.9. The standard InChI is InChI=1S/C54H74O12S2.C15H26O2.Cl2OS.H2/c1-5-35-13-17-37(18-14-35)39-21-25-41(26-22-39)50(57)65-43-29-30-44(66-51(58)42-27-23-40(24-28-42)38-19-15-36(6-2)16-20-38)49-48(43)67-54(68-49)47(52(59)63-33-11-9-31-61-45(55)7-3)53(60)64-34-12-10-32-62-46(56)8-4;1-2-11-3-5-12(6-4-11)13-7-9-14(10-8-13)15(16)17;1-4(2)3;/h7-8,29-30,35-42H,3-6,9-28,31-34H2,1-2H3;11-14H,2-10H2,1H3,(H,16,17);;1H/i;;;1+1. The predicted octanol–water partition coefficient (Wildman–Crippen LogP) is 17.4. The number of fused-ring (bicyclic) bond motifs is 1. The minimum Gasteiger partial charge on any atom is -0.481 e. The number of unbranched alkanes of at least 4 members (excludes halogenated alkanes) is 2. The van der Waals surface area contributed by atoms with Crippen molar-refractivity contribution < 1.29 is 72.7 Å². The quantitative estimate of drug-likeness (QED) is 0.0141. The van der Waals surface area contributed by atoms with Crippen LogP contribution < -0.4 is 9.47 Å². The minimum absolute atomic E-state index is 0. The summed E-state index contributed by atoms with van der Waals surface area (Å²) in [5.74, 6) is 2.95. The van der Waals surface area contributed by atoms with E-state index in [1.807, 2.05) is 0 Å². The van der Waals surface area contributed by atoms with Crippen LogP contribution in [0.25, 0.3) is 0 Å². The first kappa shape index (κ1) is 74.2. The fourth-order valence-electron chi connectivity index (χ4n) is 14.9. The average molecular weight is 1340 g/mol. The highest BCUT2D eigenvalue weighted by Gasteiger charge is 2.40. The number of halogens is 2. The molecule has 1 aliphatic heterocycles. The number of hydrogen-bond donors (Lipinski definition) is 1. The van der Waals surface area contributed by atoms with Crippen molar-refractivity contribution in [3.05, 3.63) is 47.3 Å². The van der Waals surface area contributed by atoms with Crippen LogP contribution in [0.1, 0.15) is 221 Å². The molecule has 6 fully saturated rings. The van der Waals surface area contributed by atoms with Gasteiger partial charge in [0.2, 0.25) is 9.23 Å². The number of thioether (sulfide) groups is 2. The molecule has 20 heteroatoms. The zero-order valence-corrected chi connectivity index (χ0v) is 57.0. The number of benzene rings is 1. The van der Waals surface area contributed by atoms with Gasteiger partial charge in [-0.05, 0) is 207 Å².